The largest absolute Gasteiger partial charge is 0.342 e. The lowest BCUT2D eigenvalue weighted by Crippen LogP contribution is -2.44. The molecular weight excluding hydrogens is 304 g/mol. The summed E-state index contributed by atoms with van der Waals surface area (Å²) < 4.78 is 3.92. The van der Waals surface area contributed by atoms with Crippen molar-refractivity contribution in [3.8, 4) is 0 Å². The molecule has 2 aliphatic rings. The van der Waals surface area contributed by atoms with Gasteiger partial charge in [-0.05, 0) is 31.7 Å². The van der Waals surface area contributed by atoms with Gasteiger partial charge in [0.1, 0.15) is 12.4 Å². The summed E-state index contributed by atoms with van der Waals surface area (Å²) in [5, 5.41) is 13.0. The molecule has 0 bridgehead atoms. The van der Waals surface area contributed by atoms with Crippen LogP contribution in [0.15, 0.2) is 18.5 Å². The molecule has 3 heterocycles. The average Bonchev–Trinajstić information content (AvgIpc) is 3.17. The van der Waals surface area contributed by atoms with Crippen LogP contribution >= 0.6 is 0 Å². The van der Waals surface area contributed by atoms with E-state index in [1.54, 1.807) is 6.20 Å². The van der Waals surface area contributed by atoms with Gasteiger partial charge in [-0.2, -0.15) is 5.10 Å². The molecule has 24 heavy (non-hydrogen) atoms. The van der Waals surface area contributed by atoms with Crippen molar-refractivity contribution in [3.05, 3.63) is 30.1 Å². The summed E-state index contributed by atoms with van der Waals surface area (Å²) >= 11 is 0. The van der Waals surface area contributed by atoms with Crippen LogP contribution in [0.25, 0.3) is 0 Å². The Hall–Kier alpha value is -2.18. The van der Waals surface area contributed by atoms with Crippen LogP contribution in [0.1, 0.15) is 49.7 Å². The number of piperidine rings is 1. The van der Waals surface area contributed by atoms with Crippen LogP contribution in [0, 0.1) is 5.92 Å². The highest BCUT2D eigenvalue weighted by Gasteiger charge is 2.33. The number of hydrogen-bond acceptors (Lipinski definition) is 4. The van der Waals surface area contributed by atoms with Crippen LogP contribution in [0.4, 0.5) is 0 Å². The molecule has 0 aromatic carbocycles. The van der Waals surface area contributed by atoms with Crippen LogP contribution in [0.2, 0.25) is 0 Å². The first kappa shape index (κ1) is 15.4. The van der Waals surface area contributed by atoms with E-state index in [1.807, 2.05) is 24.0 Å². The maximum Gasteiger partial charge on any atom is 0.225 e. The maximum atomic E-state index is 12.5. The van der Waals surface area contributed by atoms with E-state index in [0.29, 0.717) is 12.5 Å². The molecule has 1 saturated heterocycles. The van der Waals surface area contributed by atoms with Crippen molar-refractivity contribution < 1.29 is 4.79 Å². The van der Waals surface area contributed by atoms with E-state index in [1.165, 1.54) is 6.42 Å². The number of aromatic nitrogens is 5. The molecule has 1 aliphatic carbocycles. The number of carbonyl (C=O) groups excluding carboxylic acids is 1. The second kappa shape index (κ2) is 6.37. The predicted octanol–water partition coefficient (Wildman–Crippen LogP) is 1.57. The van der Waals surface area contributed by atoms with Gasteiger partial charge >= 0.3 is 0 Å². The van der Waals surface area contributed by atoms with Crippen molar-refractivity contribution >= 4 is 5.91 Å². The Morgan fingerprint density at radius 1 is 1.25 bits per heavy atom. The standard InChI is InChI=1S/C17H24N6O/c1-21-15(12-23-10-4-8-18-23)19-20-16(21)14-7-3-9-22(11-14)17(24)13-5-2-6-13/h4,8,10,13-14H,2-3,5-7,9,11-12H2,1H3/t14-/m1/s1. The van der Waals surface area contributed by atoms with E-state index in [-0.39, 0.29) is 11.8 Å². The Morgan fingerprint density at radius 3 is 2.83 bits per heavy atom. The first-order chi connectivity index (χ1) is 11.7. The number of carbonyl (C=O) groups is 1. The van der Waals surface area contributed by atoms with Gasteiger partial charge in [-0.3, -0.25) is 9.48 Å². The van der Waals surface area contributed by atoms with E-state index in [9.17, 15) is 4.79 Å². The monoisotopic (exact) mass is 328 g/mol. The third kappa shape index (κ3) is 2.83. The van der Waals surface area contributed by atoms with Gasteiger partial charge < -0.3 is 9.47 Å². The highest BCUT2D eigenvalue weighted by Crippen LogP contribution is 2.32. The lowest BCUT2D eigenvalue weighted by atomic mass is 9.83. The van der Waals surface area contributed by atoms with Gasteiger partial charge in [0.2, 0.25) is 5.91 Å². The molecule has 1 atom stereocenters. The molecule has 0 N–H and O–H groups in total. The molecule has 2 aromatic rings. The minimum absolute atomic E-state index is 0.277. The summed E-state index contributed by atoms with van der Waals surface area (Å²) in [4.78, 5) is 14.6. The van der Waals surface area contributed by atoms with Gasteiger partial charge in [0.05, 0.1) is 0 Å². The summed E-state index contributed by atoms with van der Waals surface area (Å²) in [6, 6.07) is 1.91. The van der Waals surface area contributed by atoms with Gasteiger partial charge in [-0.25, -0.2) is 0 Å². The Bertz CT molecular complexity index is 703. The summed E-state index contributed by atoms with van der Waals surface area (Å²) in [6.07, 6.45) is 9.15. The smallest absolute Gasteiger partial charge is 0.225 e. The normalized spacial score (nSPS) is 21.7. The molecule has 7 nitrogen and oxygen atoms in total. The molecule has 4 rings (SSSR count). The topological polar surface area (TPSA) is 68.8 Å². The number of likely N-dealkylation sites (tertiary alicyclic amines) is 1. The van der Waals surface area contributed by atoms with E-state index in [4.69, 9.17) is 0 Å². The Labute approximate surface area is 141 Å². The van der Waals surface area contributed by atoms with Gasteiger partial charge in [0.25, 0.3) is 0 Å². The summed E-state index contributed by atoms with van der Waals surface area (Å²) in [7, 11) is 2.01. The maximum absolute atomic E-state index is 12.5. The fraction of sp³-hybridized carbons (Fsp3) is 0.647. The van der Waals surface area contributed by atoms with Crippen LogP contribution in [-0.4, -0.2) is 48.4 Å². The van der Waals surface area contributed by atoms with E-state index >= 15 is 0 Å². The molecule has 1 amide bonds. The molecule has 7 heteroatoms. The average molecular weight is 328 g/mol. The number of nitrogens with zero attached hydrogens (tertiary/aromatic N) is 6. The number of hydrogen-bond donors (Lipinski definition) is 0. The van der Waals surface area contributed by atoms with Crippen LogP contribution in [-0.2, 0) is 18.4 Å². The van der Waals surface area contributed by atoms with Gasteiger partial charge in [0, 0.05) is 44.4 Å². The third-order valence-corrected chi connectivity index (χ3v) is 5.41. The quantitative estimate of drug-likeness (QED) is 0.854. The molecule has 2 fully saturated rings. The van der Waals surface area contributed by atoms with Crippen molar-refractivity contribution in [1.29, 1.82) is 0 Å². The van der Waals surface area contributed by atoms with Crippen molar-refractivity contribution in [1.82, 2.24) is 29.4 Å². The van der Waals surface area contributed by atoms with Crippen LogP contribution in [0.3, 0.4) is 0 Å². The van der Waals surface area contributed by atoms with Gasteiger partial charge in [0.15, 0.2) is 5.82 Å². The minimum atomic E-state index is 0.277. The molecule has 0 unspecified atom stereocenters. The lowest BCUT2D eigenvalue weighted by Gasteiger charge is -2.36. The zero-order valence-corrected chi connectivity index (χ0v) is 14.1. The van der Waals surface area contributed by atoms with E-state index in [0.717, 1.165) is 50.4 Å². The molecule has 128 valence electrons. The van der Waals surface area contributed by atoms with Crippen LogP contribution in [0.5, 0.6) is 0 Å². The van der Waals surface area contributed by atoms with Crippen LogP contribution < -0.4 is 0 Å². The zero-order chi connectivity index (χ0) is 16.5. The summed E-state index contributed by atoms with van der Waals surface area (Å²) in [5.41, 5.74) is 0. The summed E-state index contributed by atoms with van der Waals surface area (Å²) in [6.45, 7) is 2.29. The SMILES string of the molecule is Cn1c(Cn2cccn2)nnc1[C@@H]1CCCN(C(=O)C2CCC2)C1. The third-order valence-electron chi connectivity index (χ3n) is 5.41. The number of rotatable bonds is 4. The zero-order valence-electron chi connectivity index (χ0n) is 14.1. The number of amides is 1. The van der Waals surface area contributed by atoms with Crippen molar-refractivity contribution in [2.24, 2.45) is 13.0 Å². The minimum Gasteiger partial charge on any atom is -0.342 e. The fourth-order valence-electron chi connectivity index (χ4n) is 3.71. The Morgan fingerprint density at radius 2 is 2.12 bits per heavy atom. The highest BCUT2D eigenvalue weighted by molar-refractivity contribution is 5.79. The Kier molecular flexibility index (Phi) is 4.08. The second-order valence-corrected chi connectivity index (χ2v) is 6.99. The van der Waals surface area contributed by atoms with Gasteiger partial charge in [-0.1, -0.05) is 6.42 Å². The second-order valence-electron chi connectivity index (χ2n) is 6.99. The van der Waals surface area contributed by atoms with Crippen molar-refractivity contribution in [2.75, 3.05) is 13.1 Å². The van der Waals surface area contributed by atoms with Gasteiger partial charge in [-0.15, -0.1) is 10.2 Å². The molecule has 1 aliphatic heterocycles. The fourth-order valence-corrected chi connectivity index (χ4v) is 3.71. The predicted molar refractivity (Wildman–Crippen MR) is 88.2 cm³/mol. The molecule has 0 spiro atoms. The van der Waals surface area contributed by atoms with E-state index in [2.05, 4.69) is 24.8 Å². The molecular formula is C17H24N6O. The Balaban J connectivity index is 1.47. The lowest BCUT2D eigenvalue weighted by molar-refractivity contribution is -0.139. The molecule has 2 aromatic heterocycles. The highest BCUT2D eigenvalue weighted by atomic mass is 16.2. The molecule has 0 radical (unpaired) electrons. The first-order valence-electron chi connectivity index (χ1n) is 8.87. The summed E-state index contributed by atoms with van der Waals surface area (Å²) in [5.74, 6) is 2.80. The van der Waals surface area contributed by atoms with Crippen molar-refractivity contribution in [2.45, 2.75) is 44.6 Å². The molecule has 1 saturated carbocycles. The van der Waals surface area contributed by atoms with E-state index < -0.39 is 0 Å². The van der Waals surface area contributed by atoms with Crippen molar-refractivity contribution in [3.63, 3.8) is 0 Å². The first-order valence-corrected chi connectivity index (χ1v) is 8.87.